The van der Waals surface area contributed by atoms with Crippen LogP contribution >= 0.6 is 27.7 Å². The third-order valence-electron chi connectivity index (χ3n) is 1.27. The van der Waals surface area contributed by atoms with Gasteiger partial charge in [0.1, 0.15) is 0 Å². The van der Waals surface area contributed by atoms with Crippen molar-refractivity contribution < 1.29 is 0 Å². The molecule has 60 valence electrons. The lowest BCUT2D eigenvalue weighted by atomic mass is 10.3. The van der Waals surface area contributed by atoms with Gasteiger partial charge in [-0.3, -0.25) is 5.84 Å². The number of nitrogen functional groups attached to an aromatic ring is 1. The summed E-state index contributed by atoms with van der Waals surface area (Å²) in [7, 11) is 0. The van der Waals surface area contributed by atoms with Gasteiger partial charge >= 0.3 is 0 Å². The Morgan fingerprint density at radius 3 is 2.73 bits per heavy atom. The van der Waals surface area contributed by atoms with Gasteiger partial charge in [-0.2, -0.15) is 0 Å². The molecule has 4 heteroatoms. The van der Waals surface area contributed by atoms with Crippen molar-refractivity contribution in [2.45, 2.75) is 4.90 Å². The molecule has 0 saturated heterocycles. The lowest BCUT2D eigenvalue weighted by Crippen LogP contribution is -2.06. The molecule has 3 N–H and O–H groups in total. The quantitative estimate of drug-likeness (QED) is 0.468. The molecule has 0 atom stereocenters. The van der Waals surface area contributed by atoms with E-state index in [0.717, 1.165) is 10.2 Å². The van der Waals surface area contributed by atoms with Crippen molar-refractivity contribution in [3.05, 3.63) is 22.7 Å². The SMILES string of the molecule is CSc1cc(Br)cc(NN)c1. The van der Waals surface area contributed by atoms with E-state index < -0.39 is 0 Å². The van der Waals surface area contributed by atoms with Crippen LogP contribution in [0.15, 0.2) is 27.6 Å². The van der Waals surface area contributed by atoms with Gasteiger partial charge in [0.2, 0.25) is 0 Å². The zero-order valence-electron chi connectivity index (χ0n) is 6.10. The minimum atomic E-state index is 0.920. The average Bonchev–Trinajstić information content (AvgIpc) is 2.03. The van der Waals surface area contributed by atoms with E-state index in [2.05, 4.69) is 21.4 Å². The molecule has 11 heavy (non-hydrogen) atoms. The molecule has 2 nitrogen and oxygen atoms in total. The van der Waals surface area contributed by atoms with Crippen LogP contribution in [0.1, 0.15) is 0 Å². The van der Waals surface area contributed by atoms with Crippen molar-refractivity contribution in [1.82, 2.24) is 0 Å². The summed E-state index contributed by atoms with van der Waals surface area (Å²) >= 11 is 5.07. The van der Waals surface area contributed by atoms with E-state index in [4.69, 9.17) is 5.84 Å². The van der Waals surface area contributed by atoms with Gasteiger partial charge in [0.05, 0.1) is 5.69 Å². The summed E-state index contributed by atoms with van der Waals surface area (Å²) in [4.78, 5) is 1.19. The Morgan fingerprint density at radius 1 is 1.45 bits per heavy atom. The molecular formula is C7H9BrN2S. The predicted molar refractivity (Wildman–Crippen MR) is 53.7 cm³/mol. The number of anilines is 1. The normalized spacial score (nSPS) is 9.73. The fraction of sp³-hybridized carbons (Fsp3) is 0.143. The van der Waals surface area contributed by atoms with Gasteiger partial charge in [-0.15, -0.1) is 11.8 Å². The lowest BCUT2D eigenvalue weighted by Gasteiger charge is -2.02. The first-order valence-corrected chi connectivity index (χ1v) is 5.09. The van der Waals surface area contributed by atoms with Crippen LogP contribution in [0.25, 0.3) is 0 Å². The van der Waals surface area contributed by atoms with E-state index in [1.54, 1.807) is 11.8 Å². The fourth-order valence-corrected chi connectivity index (χ4v) is 1.90. The van der Waals surface area contributed by atoms with Crippen molar-refractivity contribution in [1.29, 1.82) is 0 Å². The molecule has 0 aliphatic heterocycles. The van der Waals surface area contributed by atoms with Gasteiger partial charge in [0.25, 0.3) is 0 Å². The number of rotatable bonds is 2. The highest BCUT2D eigenvalue weighted by molar-refractivity contribution is 9.10. The maximum Gasteiger partial charge on any atom is 0.0507 e. The number of nitrogens with one attached hydrogen (secondary N) is 1. The molecule has 0 unspecified atom stereocenters. The molecule has 0 fully saturated rings. The minimum Gasteiger partial charge on any atom is -0.324 e. The highest BCUT2D eigenvalue weighted by Gasteiger charge is 1.95. The van der Waals surface area contributed by atoms with E-state index in [9.17, 15) is 0 Å². The van der Waals surface area contributed by atoms with Crippen LogP contribution in [0, 0.1) is 0 Å². The Kier molecular flexibility index (Phi) is 3.23. The first kappa shape index (κ1) is 8.90. The fourth-order valence-electron chi connectivity index (χ4n) is 0.764. The summed E-state index contributed by atoms with van der Waals surface area (Å²) in [6.07, 6.45) is 2.03. The molecule has 1 aromatic rings. The van der Waals surface area contributed by atoms with Crippen LogP contribution in [-0.2, 0) is 0 Å². The molecule has 0 aromatic heterocycles. The largest absolute Gasteiger partial charge is 0.324 e. The van der Waals surface area contributed by atoms with Crippen LogP contribution in [0.5, 0.6) is 0 Å². The monoisotopic (exact) mass is 232 g/mol. The molecule has 0 aliphatic rings. The molecular weight excluding hydrogens is 224 g/mol. The second kappa shape index (κ2) is 3.99. The highest BCUT2D eigenvalue weighted by atomic mass is 79.9. The number of halogens is 1. The van der Waals surface area contributed by atoms with E-state index in [1.165, 1.54) is 4.90 Å². The molecule has 0 bridgehead atoms. The van der Waals surface area contributed by atoms with Gasteiger partial charge in [-0.05, 0) is 24.5 Å². The average molecular weight is 233 g/mol. The molecule has 0 amide bonds. The number of hydrazine groups is 1. The van der Waals surface area contributed by atoms with Crippen LogP contribution < -0.4 is 11.3 Å². The van der Waals surface area contributed by atoms with Gasteiger partial charge in [0.15, 0.2) is 0 Å². The summed E-state index contributed by atoms with van der Waals surface area (Å²) in [6.45, 7) is 0. The smallest absolute Gasteiger partial charge is 0.0507 e. The standard InChI is InChI=1S/C7H9BrN2S/c1-11-7-3-5(8)2-6(4-7)10-9/h2-4,10H,9H2,1H3. The third kappa shape index (κ3) is 2.39. The summed E-state index contributed by atoms with van der Waals surface area (Å²) in [5.74, 6) is 5.26. The van der Waals surface area contributed by atoms with Crippen molar-refractivity contribution in [2.24, 2.45) is 5.84 Å². The van der Waals surface area contributed by atoms with Crippen molar-refractivity contribution in [2.75, 3.05) is 11.7 Å². The Labute approximate surface area is 78.6 Å². The number of benzene rings is 1. The first-order valence-electron chi connectivity index (χ1n) is 3.07. The molecule has 0 heterocycles. The molecule has 0 spiro atoms. The second-order valence-electron chi connectivity index (χ2n) is 2.02. The maximum atomic E-state index is 5.26. The van der Waals surface area contributed by atoms with Crippen molar-refractivity contribution in [3.63, 3.8) is 0 Å². The van der Waals surface area contributed by atoms with Gasteiger partial charge in [-0.25, -0.2) is 0 Å². The van der Waals surface area contributed by atoms with E-state index in [-0.39, 0.29) is 0 Å². The van der Waals surface area contributed by atoms with Crippen LogP contribution in [0.3, 0.4) is 0 Å². The van der Waals surface area contributed by atoms with Crippen LogP contribution in [-0.4, -0.2) is 6.26 Å². The topological polar surface area (TPSA) is 38.0 Å². The van der Waals surface area contributed by atoms with Gasteiger partial charge < -0.3 is 5.43 Å². The van der Waals surface area contributed by atoms with Crippen LogP contribution in [0.2, 0.25) is 0 Å². The molecule has 1 aromatic carbocycles. The Hall–Kier alpha value is -0.190. The maximum absolute atomic E-state index is 5.26. The second-order valence-corrected chi connectivity index (χ2v) is 3.82. The summed E-state index contributed by atoms with van der Waals surface area (Å²) in [5.41, 5.74) is 3.52. The Bertz CT molecular complexity index is 230. The number of nitrogens with two attached hydrogens (primary N) is 1. The zero-order valence-corrected chi connectivity index (χ0v) is 8.50. The zero-order chi connectivity index (χ0) is 8.27. The summed E-state index contributed by atoms with van der Waals surface area (Å²) in [5, 5.41) is 0. The number of hydrogen-bond acceptors (Lipinski definition) is 3. The van der Waals surface area contributed by atoms with E-state index in [1.807, 2.05) is 24.5 Å². The number of thioether (sulfide) groups is 1. The predicted octanol–water partition coefficient (Wildman–Crippen LogP) is 2.46. The molecule has 0 saturated carbocycles. The third-order valence-corrected chi connectivity index (χ3v) is 2.44. The van der Waals surface area contributed by atoms with Crippen molar-refractivity contribution in [3.8, 4) is 0 Å². The van der Waals surface area contributed by atoms with E-state index in [0.29, 0.717) is 0 Å². The van der Waals surface area contributed by atoms with Crippen molar-refractivity contribution >= 4 is 33.4 Å². The Morgan fingerprint density at radius 2 is 2.18 bits per heavy atom. The molecule has 1 rings (SSSR count). The minimum absolute atomic E-state index is 0.920. The molecule has 0 aliphatic carbocycles. The highest BCUT2D eigenvalue weighted by Crippen LogP contribution is 2.24. The van der Waals surface area contributed by atoms with Gasteiger partial charge in [0, 0.05) is 9.37 Å². The summed E-state index contributed by atoms with van der Waals surface area (Å²) < 4.78 is 1.04. The van der Waals surface area contributed by atoms with Crippen LogP contribution in [0.4, 0.5) is 5.69 Å². The molecule has 0 radical (unpaired) electrons. The first-order chi connectivity index (χ1) is 5.26. The summed E-state index contributed by atoms with van der Waals surface area (Å²) in [6, 6.07) is 5.97. The van der Waals surface area contributed by atoms with E-state index >= 15 is 0 Å². The number of hydrogen-bond donors (Lipinski definition) is 2. The van der Waals surface area contributed by atoms with Gasteiger partial charge in [-0.1, -0.05) is 15.9 Å². The lowest BCUT2D eigenvalue weighted by molar-refractivity contribution is 1.31. The Balaban J connectivity index is 3.02.